The highest BCUT2D eigenvalue weighted by Crippen LogP contribution is 2.24. The number of alkyl halides is 1. The molecule has 0 atom stereocenters. The number of carboxylic acid groups (broad SMARTS) is 1. The van der Waals surface area contributed by atoms with Gasteiger partial charge in [-0.3, -0.25) is 9.29 Å². The SMILES string of the molecule is CC1(OCC(=O)O)CN(CCCF)C1. The van der Waals surface area contributed by atoms with E-state index in [-0.39, 0.29) is 18.9 Å². The number of rotatable bonds is 6. The van der Waals surface area contributed by atoms with Crippen molar-refractivity contribution in [3.05, 3.63) is 0 Å². The summed E-state index contributed by atoms with van der Waals surface area (Å²) in [6.07, 6.45) is 0.537. The highest BCUT2D eigenvalue weighted by molar-refractivity contribution is 5.68. The molecule has 0 unspecified atom stereocenters. The molecule has 1 saturated heterocycles. The Bertz CT molecular complexity index is 204. The van der Waals surface area contributed by atoms with Crippen LogP contribution < -0.4 is 0 Å². The predicted octanol–water partition coefficient (Wildman–Crippen LogP) is 0.521. The van der Waals surface area contributed by atoms with Gasteiger partial charge in [0, 0.05) is 19.6 Å². The van der Waals surface area contributed by atoms with Crippen molar-refractivity contribution in [3.63, 3.8) is 0 Å². The third kappa shape index (κ3) is 3.23. The van der Waals surface area contributed by atoms with Crippen LogP contribution in [-0.2, 0) is 9.53 Å². The molecule has 1 rings (SSSR count). The molecule has 0 aromatic heterocycles. The fourth-order valence-electron chi connectivity index (χ4n) is 1.67. The summed E-state index contributed by atoms with van der Waals surface area (Å²) < 4.78 is 17.0. The first-order valence-corrected chi connectivity index (χ1v) is 4.70. The van der Waals surface area contributed by atoms with Crippen LogP contribution in [0.4, 0.5) is 4.39 Å². The molecule has 1 fully saturated rings. The van der Waals surface area contributed by atoms with Crippen LogP contribution in [0.25, 0.3) is 0 Å². The Hall–Kier alpha value is -0.680. The second-order valence-electron chi connectivity index (χ2n) is 3.89. The van der Waals surface area contributed by atoms with E-state index in [4.69, 9.17) is 9.84 Å². The molecule has 0 aromatic carbocycles. The van der Waals surface area contributed by atoms with Crippen LogP contribution in [0.5, 0.6) is 0 Å². The maximum Gasteiger partial charge on any atom is 0.329 e. The standard InChI is InChI=1S/C9H16FNO3/c1-9(14-5-8(12)13)6-11(7-9)4-2-3-10/h2-7H2,1H3,(H,12,13). The van der Waals surface area contributed by atoms with Crippen LogP contribution in [0.3, 0.4) is 0 Å². The van der Waals surface area contributed by atoms with Gasteiger partial charge in [-0.25, -0.2) is 4.79 Å². The summed E-state index contributed by atoms with van der Waals surface area (Å²) in [5, 5.41) is 8.42. The molecule has 1 N–H and O–H groups in total. The van der Waals surface area contributed by atoms with Crippen molar-refractivity contribution in [2.45, 2.75) is 18.9 Å². The minimum absolute atomic E-state index is 0.256. The van der Waals surface area contributed by atoms with Gasteiger partial charge >= 0.3 is 5.97 Å². The van der Waals surface area contributed by atoms with E-state index in [1.54, 1.807) is 0 Å². The van der Waals surface area contributed by atoms with Gasteiger partial charge in [0.15, 0.2) is 0 Å². The first kappa shape index (κ1) is 11.4. The van der Waals surface area contributed by atoms with Crippen LogP contribution >= 0.6 is 0 Å². The molecule has 14 heavy (non-hydrogen) atoms. The smallest absolute Gasteiger partial charge is 0.329 e. The average molecular weight is 205 g/mol. The zero-order chi connectivity index (χ0) is 10.6. The van der Waals surface area contributed by atoms with E-state index in [9.17, 15) is 9.18 Å². The Labute approximate surface area is 82.6 Å². The third-order valence-corrected chi connectivity index (χ3v) is 2.27. The van der Waals surface area contributed by atoms with Crippen LogP contribution in [0.15, 0.2) is 0 Å². The molecular weight excluding hydrogens is 189 g/mol. The van der Waals surface area contributed by atoms with Gasteiger partial charge in [0.05, 0.1) is 12.3 Å². The maximum atomic E-state index is 11.8. The monoisotopic (exact) mass is 205 g/mol. The molecule has 0 aromatic rings. The number of carboxylic acids is 1. The van der Waals surface area contributed by atoms with Gasteiger partial charge in [-0.2, -0.15) is 0 Å². The molecule has 1 aliphatic rings. The van der Waals surface area contributed by atoms with Gasteiger partial charge in [-0.15, -0.1) is 0 Å². The van der Waals surface area contributed by atoms with Gasteiger partial charge < -0.3 is 9.84 Å². The molecular formula is C9H16FNO3. The van der Waals surface area contributed by atoms with Gasteiger partial charge in [0.25, 0.3) is 0 Å². The molecule has 0 radical (unpaired) electrons. The fraction of sp³-hybridized carbons (Fsp3) is 0.889. The van der Waals surface area contributed by atoms with Crippen LogP contribution in [0.1, 0.15) is 13.3 Å². The Balaban J connectivity index is 2.13. The molecule has 4 nitrogen and oxygen atoms in total. The molecule has 0 spiro atoms. The molecule has 5 heteroatoms. The second kappa shape index (κ2) is 4.70. The Kier molecular flexibility index (Phi) is 3.83. The summed E-state index contributed by atoms with van der Waals surface area (Å²) in [7, 11) is 0. The fourth-order valence-corrected chi connectivity index (χ4v) is 1.67. The summed E-state index contributed by atoms with van der Waals surface area (Å²) in [5.41, 5.74) is -0.352. The molecule has 0 amide bonds. The Morgan fingerprint density at radius 3 is 2.79 bits per heavy atom. The lowest BCUT2D eigenvalue weighted by Gasteiger charge is -2.47. The van der Waals surface area contributed by atoms with E-state index >= 15 is 0 Å². The van der Waals surface area contributed by atoms with Crippen molar-refractivity contribution in [3.8, 4) is 0 Å². The number of nitrogens with zero attached hydrogens (tertiary/aromatic N) is 1. The molecule has 0 bridgehead atoms. The van der Waals surface area contributed by atoms with Crippen molar-refractivity contribution >= 4 is 5.97 Å². The van der Waals surface area contributed by atoms with Crippen LogP contribution in [-0.4, -0.2) is 54.5 Å². The topological polar surface area (TPSA) is 49.8 Å². The Morgan fingerprint density at radius 2 is 2.29 bits per heavy atom. The Morgan fingerprint density at radius 1 is 1.64 bits per heavy atom. The largest absolute Gasteiger partial charge is 0.480 e. The van der Waals surface area contributed by atoms with E-state index in [1.807, 2.05) is 6.92 Å². The minimum atomic E-state index is -0.951. The van der Waals surface area contributed by atoms with Crippen LogP contribution in [0, 0.1) is 0 Å². The number of halogens is 1. The minimum Gasteiger partial charge on any atom is -0.480 e. The number of aliphatic carboxylic acids is 1. The average Bonchev–Trinajstić information content (AvgIpc) is 2.07. The normalized spacial score (nSPS) is 20.4. The summed E-state index contributed by atoms with van der Waals surface area (Å²) >= 11 is 0. The van der Waals surface area contributed by atoms with Gasteiger partial charge in [0.2, 0.25) is 0 Å². The zero-order valence-electron chi connectivity index (χ0n) is 8.33. The van der Waals surface area contributed by atoms with Crippen molar-refractivity contribution < 1.29 is 19.0 Å². The van der Waals surface area contributed by atoms with Crippen molar-refractivity contribution in [2.75, 3.05) is 32.9 Å². The highest BCUT2D eigenvalue weighted by atomic mass is 19.1. The molecule has 82 valence electrons. The van der Waals surface area contributed by atoms with Crippen molar-refractivity contribution in [1.29, 1.82) is 0 Å². The van der Waals surface area contributed by atoms with Gasteiger partial charge in [-0.1, -0.05) is 0 Å². The van der Waals surface area contributed by atoms with Crippen molar-refractivity contribution in [2.24, 2.45) is 0 Å². The molecule has 1 heterocycles. The zero-order valence-corrected chi connectivity index (χ0v) is 8.33. The first-order valence-electron chi connectivity index (χ1n) is 4.70. The number of hydrogen-bond donors (Lipinski definition) is 1. The lowest BCUT2D eigenvalue weighted by Crippen LogP contribution is -2.61. The second-order valence-corrected chi connectivity index (χ2v) is 3.89. The van der Waals surface area contributed by atoms with Gasteiger partial charge in [-0.05, 0) is 13.3 Å². The van der Waals surface area contributed by atoms with Crippen molar-refractivity contribution in [1.82, 2.24) is 4.90 Å². The summed E-state index contributed by atoms with van der Waals surface area (Å²) in [5.74, 6) is -0.951. The first-order chi connectivity index (χ1) is 6.56. The van der Waals surface area contributed by atoms with E-state index in [2.05, 4.69) is 4.90 Å². The summed E-state index contributed by atoms with van der Waals surface area (Å²) in [6, 6.07) is 0. The predicted molar refractivity (Wildman–Crippen MR) is 49.0 cm³/mol. The number of carbonyl (C=O) groups is 1. The lowest BCUT2D eigenvalue weighted by molar-refractivity contribution is -0.164. The molecule has 0 saturated carbocycles. The summed E-state index contributed by atoms with van der Waals surface area (Å²) in [6.45, 7) is 3.43. The highest BCUT2D eigenvalue weighted by Gasteiger charge is 2.39. The quantitative estimate of drug-likeness (QED) is 0.687. The van der Waals surface area contributed by atoms with E-state index in [0.29, 0.717) is 19.5 Å². The maximum absolute atomic E-state index is 11.8. The molecule has 0 aliphatic carbocycles. The van der Waals surface area contributed by atoms with Crippen LogP contribution in [0.2, 0.25) is 0 Å². The number of hydrogen-bond acceptors (Lipinski definition) is 3. The van der Waals surface area contributed by atoms with E-state index < -0.39 is 5.97 Å². The van der Waals surface area contributed by atoms with Gasteiger partial charge in [0.1, 0.15) is 6.61 Å². The molecule has 1 aliphatic heterocycles. The van der Waals surface area contributed by atoms with E-state index in [0.717, 1.165) is 6.54 Å². The third-order valence-electron chi connectivity index (χ3n) is 2.27. The number of ether oxygens (including phenoxy) is 1. The summed E-state index contributed by atoms with van der Waals surface area (Å²) in [4.78, 5) is 12.3. The van der Waals surface area contributed by atoms with E-state index in [1.165, 1.54) is 0 Å². The number of likely N-dealkylation sites (tertiary alicyclic amines) is 1. The lowest BCUT2D eigenvalue weighted by atomic mass is 9.96.